The van der Waals surface area contributed by atoms with Crippen molar-refractivity contribution in [1.82, 2.24) is 24.5 Å². The Morgan fingerprint density at radius 1 is 1.32 bits per heavy atom. The van der Waals surface area contributed by atoms with Gasteiger partial charge in [-0.1, -0.05) is 0 Å². The summed E-state index contributed by atoms with van der Waals surface area (Å²) in [5.74, 6) is -0.150. The van der Waals surface area contributed by atoms with Gasteiger partial charge in [0.2, 0.25) is 5.95 Å². The van der Waals surface area contributed by atoms with Crippen molar-refractivity contribution >= 4 is 40.6 Å². The minimum Gasteiger partial charge on any atom is -0.465 e. The molecule has 1 aliphatic heterocycles. The molecule has 0 atom stereocenters. The maximum atomic E-state index is 15.7. The topological polar surface area (TPSA) is 138 Å². The number of fused-ring (bicyclic) bond motifs is 1. The molecular formula is C21H25FN10O2. The molecule has 2 aromatic heterocycles. The van der Waals surface area contributed by atoms with Crippen LogP contribution in [0.3, 0.4) is 0 Å². The minimum atomic E-state index is -1.17. The molecule has 1 aromatic carbocycles. The van der Waals surface area contributed by atoms with Crippen molar-refractivity contribution in [3.8, 4) is 6.07 Å². The first-order valence-corrected chi connectivity index (χ1v) is 10.7. The summed E-state index contributed by atoms with van der Waals surface area (Å²) in [6.07, 6.45) is 0.203. The molecular weight excluding hydrogens is 443 g/mol. The Balaban J connectivity index is 1.80. The van der Waals surface area contributed by atoms with Crippen LogP contribution in [0.5, 0.6) is 0 Å². The van der Waals surface area contributed by atoms with Crippen molar-refractivity contribution in [3.05, 3.63) is 29.8 Å². The number of benzene rings is 1. The Bertz CT molecular complexity index is 1260. The standard InChI is InChI=1S/C21H25FN10O2/c1-4-24-18-19-25-12-14(11-23)32(19)28-20(27-18)26-15-9-13(30(3)21(33)34)10-16(17(15)22)31-7-5-29(2)6-8-31/h9-10,12H,4-8H2,1-3H3,(H,33,34)(H2,24,26,27,28). The fourth-order valence-electron chi connectivity index (χ4n) is 3.68. The fourth-order valence-corrected chi connectivity index (χ4v) is 3.68. The lowest BCUT2D eigenvalue weighted by atomic mass is 10.1. The summed E-state index contributed by atoms with van der Waals surface area (Å²) in [6.45, 7) is 5.13. The van der Waals surface area contributed by atoms with Crippen LogP contribution in [0.2, 0.25) is 0 Å². The number of carbonyl (C=O) groups is 1. The van der Waals surface area contributed by atoms with E-state index in [0.29, 0.717) is 36.8 Å². The Hall–Kier alpha value is -4.18. The third-order valence-electron chi connectivity index (χ3n) is 5.62. The number of nitrogens with zero attached hydrogens (tertiary/aromatic N) is 8. The van der Waals surface area contributed by atoms with Gasteiger partial charge in [0.05, 0.1) is 23.3 Å². The molecule has 1 saturated heterocycles. The van der Waals surface area contributed by atoms with Gasteiger partial charge in [-0.3, -0.25) is 4.90 Å². The monoisotopic (exact) mass is 468 g/mol. The third-order valence-corrected chi connectivity index (χ3v) is 5.62. The predicted octanol–water partition coefficient (Wildman–Crippen LogP) is 2.18. The van der Waals surface area contributed by atoms with E-state index in [4.69, 9.17) is 0 Å². The van der Waals surface area contributed by atoms with E-state index >= 15 is 4.39 Å². The highest BCUT2D eigenvalue weighted by atomic mass is 19.1. The number of hydrogen-bond acceptors (Lipinski definition) is 9. The number of aromatic nitrogens is 4. The van der Waals surface area contributed by atoms with Gasteiger partial charge in [0, 0.05) is 39.8 Å². The van der Waals surface area contributed by atoms with Crippen LogP contribution in [-0.4, -0.2) is 82.5 Å². The zero-order valence-corrected chi connectivity index (χ0v) is 19.1. The van der Waals surface area contributed by atoms with Gasteiger partial charge in [0.15, 0.2) is 23.0 Å². The summed E-state index contributed by atoms with van der Waals surface area (Å²) in [5, 5.41) is 29.1. The highest BCUT2D eigenvalue weighted by Gasteiger charge is 2.23. The molecule has 0 aliphatic carbocycles. The Kier molecular flexibility index (Phi) is 6.33. The molecule has 3 aromatic rings. The van der Waals surface area contributed by atoms with E-state index in [2.05, 4.69) is 30.6 Å². The van der Waals surface area contributed by atoms with Gasteiger partial charge in [-0.25, -0.2) is 14.2 Å². The number of imidazole rings is 1. The van der Waals surface area contributed by atoms with Gasteiger partial charge in [0.1, 0.15) is 6.07 Å². The zero-order chi connectivity index (χ0) is 24.4. The number of carboxylic acid groups (broad SMARTS) is 1. The maximum absolute atomic E-state index is 15.7. The molecule has 0 spiro atoms. The number of piperazine rings is 1. The van der Waals surface area contributed by atoms with E-state index in [1.165, 1.54) is 29.9 Å². The van der Waals surface area contributed by atoms with Gasteiger partial charge in [-0.2, -0.15) is 14.8 Å². The second-order valence-electron chi connectivity index (χ2n) is 7.89. The van der Waals surface area contributed by atoms with Crippen molar-refractivity contribution in [2.75, 3.05) is 67.3 Å². The van der Waals surface area contributed by atoms with Crippen LogP contribution < -0.4 is 20.4 Å². The number of amides is 1. The number of nitrogens with one attached hydrogen (secondary N) is 2. The number of hydrogen-bond donors (Lipinski definition) is 3. The second-order valence-corrected chi connectivity index (χ2v) is 7.89. The third kappa shape index (κ3) is 4.35. The van der Waals surface area contributed by atoms with Crippen molar-refractivity contribution in [2.45, 2.75) is 6.92 Å². The van der Waals surface area contributed by atoms with Crippen molar-refractivity contribution < 1.29 is 14.3 Å². The maximum Gasteiger partial charge on any atom is 0.411 e. The van der Waals surface area contributed by atoms with Gasteiger partial charge < -0.3 is 25.5 Å². The van der Waals surface area contributed by atoms with Crippen molar-refractivity contribution in [1.29, 1.82) is 5.26 Å². The van der Waals surface area contributed by atoms with E-state index in [1.807, 2.05) is 24.9 Å². The van der Waals surface area contributed by atoms with Crippen molar-refractivity contribution in [2.24, 2.45) is 0 Å². The fraction of sp³-hybridized carbons (Fsp3) is 0.381. The van der Waals surface area contributed by atoms with Gasteiger partial charge in [-0.05, 0) is 26.1 Å². The average molecular weight is 468 g/mol. The molecule has 34 heavy (non-hydrogen) atoms. The quantitative estimate of drug-likeness (QED) is 0.493. The molecule has 0 radical (unpaired) electrons. The first kappa shape index (κ1) is 23.0. The Labute approximate surface area is 195 Å². The summed E-state index contributed by atoms with van der Waals surface area (Å²) < 4.78 is 17.0. The minimum absolute atomic E-state index is 0.0138. The highest BCUT2D eigenvalue weighted by Crippen LogP contribution is 2.34. The Morgan fingerprint density at radius 2 is 2.06 bits per heavy atom. The zero-order valence-electron chi connectivity index (χ0n) is 19.1. The van der Waals surface area contributed by atoms with Gasteiger partial charge >= 0.3 is 6.09 Å². The first-order valence-electron chi connectivity index (χ1n) is 10.7. The summed E-state index contributed by atoms with van der Waals surface area (Å²) in [5.41, 5.74) is 1.15. The highest BCUT2D eigenvalue weighted by molar-refractivity contribution is 5.88. The molecule has 13 heteroatoms. The summed E-state index contributed by atoms with van der Waals surface area (Å²) >= 11 is 0. The van der Waals surface area contributed by atoms with Crippen LogP contribution in [-0.2, 0) is 0 Å². The number of rotatable bonds is 6. The average Bonchev–Trinajstić information content (AvgIpc) is 3.24. The van der Waals surface area contributed by atoms with Gasteiger partial charge in [-0.15, -0.1) is 5.10 Å². The van der Waals surface area contributed by atoms with E-state index in [0.717, 1.165) is 18.0 Å². The van der Waals surface area contributed by atoms with Crippen LogP contribution in [0, 0.1) is 17.1 Å². The molecule has 3 N–H and O–H groups in total. The molecule has 1 fully saturated rings. The van der Waals surface area contributed by atoms with E-state index in [1.54, 1.807) is 0 Å². The molecule has 4 rings (SSSR count). The van der Waals surface area contributed by atoms with Crippen LogP contribution in [0.15, 0.2) is 18.3 Å². The number of anilines is 5. The number of halogens is 1. The largest absolute Gasteiger partial charge is 0.465 e. The lowest BCUT2D eigenvalue weighted by Crippen LogP contribution is -2.45. The van der Waals surface area contributed by atoms with E-state index < -0.39 is 11.9 Å². The molecule has 0 unspecified atom stereocenters. The van der Waals surface area contributed by atoms with Gasteiger partial charge in [0.25, 0.3) is 0 Å². The molecule has 0 saturated carbocycles. The van der Waals surface area contributed by atoms with Crippen LogP contribution in [0.4, 0.5) is 38.0 Å². The summed E-state index contributed by atoms with van der Waals surface area (Å²) in [4.78, 5) is 25.2. The SMILES string of the molecule is CCNc1nc(Nc2cc(N(C)C(=O)O)cc(N3CCN(C)CC3)c2F)nn2c(C#N)cnc12. The molecule has 3 heterocycles. The smallest absolute Gasteiger partial charge is 0.411 e. The molecule has 12 nitrogen and oxygen atoms in total. The normalized spacial score (nSPS) is 14.1. The van der Waals surface area contributed by atoms with Crippen LogP contribution in [0.25, 0.3) is 5.65 Å². The first-order chi connectivity index (χ1) is 16.3. The number of likely N-dealkylation sites (N-methyl/N-ethyl adjacent to an activating group) is 1. The Morgan fingerprint density at radius 3 is 2.71 bits per heavy atom. The lowest BCUT2D eigenvalue weighted by Gasteiger charge is -2.35. The van der Waals surface area contributed by atoms with E-state index in [9.17, 15) is 15.2 Å². The summed E-state index contributed by atoms with van der Waals surface area (Å²) in [6, 6.07) is 4.93. The molecule has 0 bridgehead atoms. The van der Waals surface area contributed by atoms with Crippen LogP contribution in [0.1, 0.15) is 12.6 Å². The molecule has 178 valence electrons. The number of nitriles is 1. The van der Waals surface area contributed by atoms with Crippen LogP contribution >= 0.6 is 0 Å². The molecule has 1 aliphatic rings. The van der Waals surface area contributed by atoms with Crippen molar-refractivity contribution in [3.63, 3.8) is 0 Å². The predicted molar refractivity (Wildman–Crippen MR) is 125 cm³/mol. The molecule has 1 amide bonds. The second kappa shape index (κ2) is 9.36. The van der Waals surface area contributed by atoms with E-state index in [-0.39, 0.29) is 23.0 Å². The lowest BCUT2D eigenvalue weighted by molar-refractivity contribution is 0.203. The summed E-state index contributed by atoms with van der Waals surface area (Å²) in [7, 11) is 3.39.